The van der Waals surface area contributed by atoms with Crippen LogP contribution in [0.2, 0.25) is 0 Å². The highest BCUT2D eigenvalue weighted by Crippen LogP contribution is 2.58. The Morgan fingerprint density at radius 1 is 1.37 bits per heavy atom. The molecular weight excluding hydrogens is 244 g/mol. The minimum atomic E-state index is -0.423. The van der Waals surface area contributed by atoms with E-state index in [-0.39, 0.29) is 6.09 Å². The van der Waals surface area contributed by atoms with Crippen molar-refractivity contribution in [1.29, 1.82) is 0 Å². The van der Waals surface area contributed by atoms with Crippen molar-refractivity contribution in [1.82, 2.24) is 20.3 Å². The van der Waals surface area contributed by atoms with Crippen LogP contribution in [0.3, 0.4) is 0 Å². The summed E-state index contributed by atoms with van der Waals surface area (Å²) in [5, 5.41) is 10.8. The lowest BCUT2D eigenvalue weighted by atomic mass is 10.1. The molecule has 2 aliphatic rings. The summed E-state index contributed by atoms with van der Waals surface area (Å²) in [7, 11) is 0. The second-order valence-corrected chi connectivity index (χ2v) is 6.55. The van der Waals surface area contributed by atoms with Crippen LogP contribution in [0.25, 0.3) is 0 Å². The third-order valence-electron chi connectivity index (χ3n) is 3.94. The molecule has 0 aromatic carbocycles. The van der Waals surface area contributed by atoms with Crippen LogP contribution in [0.5, 0.6) is 0 Å². The number of aromatic nitrogens is 3. The Morgan fingerprint density at radius 2 is 2.00 bits per heavy atom. The van der Waals surface area contributed by atoms with E-state index < -0.39 is 5.60 Å². The predicted molar refractivity (Wildman–Crippen MR) is 68.6 cm³/mol. The average Bonchev–Trinajstić information content (AvgIpc) is 2.68. The molecule has 0 spiro atoms. The number of likely N-dealkylation sites (tertiary alicyclic amines) is 1. The summed E-state index contributed by atoms with van der Waals surface area (Å²) in [6.45, 7) is 9.21. The number of amides is 1. The maximum absolute atomic E-state index is 12.0. The molecule has 1 N–H and O–H groups in total. The van der Waals surface area contributed by atoms with Gasteiger partial charge in [-0.15, -0.1) is 5.10 Å². The number of rotatable bonds is 1. The van der Waals surface area contributed by atoms with E-state index in [2.05, 4.69) is 15.4 Å². The molecule has 104 valence electrons. The van der Waals surface area contributed by atoms with Gasteiger partial charge in [-0.05, 0) is 39.5 Å². The molecule has 1 amide bonds. The van der Waals surface area contributed by atoms with Crippen molar-refractivity contribution in [3.63, 3.8) is 0 Å². The second-order valence-electron chi connectivity index (χ2n) is 6.55. The number of hydrogen-bond donors (Lipinski definition) is 1. The van der Waals surface area contributed by atoms with Crippen molar-refractivity contribution < 1.29 is 9.53 Å². The highest BCUT2D eigenvalue weighted by atomic mass is 16.6. The fourth-order valence-electron chi connectivity index (χ4n) is 3.03. The first kappa shape index (κ1) is 12.4. The van der Waals surface area contributed by atoms with Crippen molar-refractivity contribution in [2.75, 3.05) is 13.1 Å². The van der Waals surface area contributed by atoms with E-state index >= 15 is 0 Å². The number of aromatic amines is 1. The Bertz CT molecular complexity index is 493. The van der Waals surface area contributed by atoms with Crippen molar-refractivity contribution in [2.24, 2.45) is 11.8 Å². The van der Waals surface area contributed by atoms with Crippen LogP contribution >= 0.6 is 0 Å². The molecule has 2 fully saturated rings. The lowest BCUT2D eigenvalue weighted by molar-refractivity contribution is 0.0271. The molecular formula is C13H20N4O2. The quantitative estimate of drug-likeness (QED) is 0.838. The van der Waals surface area contributed by atoms with E-state index in [9.17, 15) is 4.79 Å². The molecule has 2 heterocycles. The summed E-state index contributed by atoms with van der Waals surface area (Å²) >= 11 is 0. The van der Waals surface area contributed by atoms with Gasteiger partial charge < -0.3 is 9.64 Å². The van der Waals surface area contributed by atoms with E-state index in [0.29, 0.717) is 17.8 Å². The van der Waals surface area contributed by atoms with Gasteiger partial charge in [0.2, 0.25) is 0 Å². The molecule has 1 saturated carbocycles. The molecule has 3 atom stereocenters. The average molecular weight is 264 g/mol. The first-order valence-electron chi connectivity index (χ1n) is 6.72. The molecule has 1 unspecified atom stereocenters. The third kappa shape index (κ3) is 2.19. The number of carbonyl (C=O) groups excluding carboxylic acids is 1. The number of hydrogen-bond acceptors (Lipinski definition) is 4. The summed E-state index contributed by atoms with van der Waals surface area (Å²) in [5.41, 5.74) is 1.69. The number of ether oxygens (including phenoxy) is 1. The Labute approximate surface area is 112 Å². The zero-order valence-corrected chi connectivity index (χ0v) is 11.8. The second kappa shape index (κ2) is 3.95. The fourth-order valence-corrected chi connectivity index (χ4v) is 3.03. The molecule has 0 bridgehead atoms. The van der Waals surface area contributed by atoms with Crippen LogP contribution in [0, 0.1) is 18.8 Å². The Morgan fingerprint density at radius 3 is 2.47 bits per heavy atom. The van der Waals surface area contributed by atoms with Crippen LogP contribution in [0.15, 0.2) is 0 Å². The van der Waals surface area contributed by atoms with Gasteiger partial charge in [-0.2, -0.15) is 0 Å². The van der Waals surface area contributed by atoms with Gasteiger partial charge in [0, 0.05) is 19.0 Å². The van der Waals surface area contributed by atoms with Crippen molar-refractivity contribution >= 4 is 6.09 Å². The molecule has 6 heteroatoms. The Kier molecular flexibility index (Phi) is 2.59. The van der Waals surface area contributed by atoms with Crippen LogP contribution in [-0.2, 0) is 4.74 Å². The van der Waals surface area contributed by atoms with Crippen molar-refractivity contribution in [3.8, 4) is 0 Å². The predicted octanol–water partition coefficient (Wildman–Crippen LogP) is 1.69. The van der Waals surface area contributed by atoms with E-state index in [4.69, 9.17) is 4.74 Å². The van der Waals surface area contributed by atoms with Gasteiger partial charge in [-0.3, -0.25) is 5.10 Å². The first-order chi connectivity index (χ1) is 8.87. The summed E-state index contributed by atoms with van der Waals surface area (Å²) < 4.78 is 5.39. The molecule has 6 nitrogen and oxygen atoms in total. The largest absolute Gasteiger partial charge is 0.444 e. The van der Waals surface area contributed by atoms with E-state index in [1.54, 1.807) is 0 Å². The topological polar surface area (TPSA) is 71.1 Å². The van der Waals surface area contributed by atoms with Gasteiger partial charge in [0.25, 0.3) is 0 Å². The van der Waals surface area contributed by atoms with Gasteiger partial charge in [-0.25, -0.2) is 4.79 Å². The standard InChI is InChI=1S/C13H20N4O2/c1-7-11(15-16-14-7)10-8-5-17(6-9(8)10)12(18)19-13(2,3)4/h8-10H,5-6H2,1-4H3,(H,14,15,16)/t8-,9+,10?. The lowest BCUT2D eigenvalue weighted by Gasteiger charge is -2.25. The summed E-state index contributed by atoms with van der Waals surface area (Å²) in [4.78, 5) is 13.8. The Hall–Kier alpha value is -1.59. The van der Waals surface area contributed by atoms with Crippen LogP contribution in [-0.4, -0.2) is 45.1 Å². The zero-order valence-electron chi connectivity index (χ0n) is 11.8. The molecule has 1 aromatic rings. The van der Waals surface area contributed by atoms with Crippen LogP contribution in [0.1, 0.15) is 38.1 Å². The normalized spacial score (nSPS) is 29.3. The molecule has 1 aromatic heterocycles. The maximum Gasteiger partial charge on any atom is 0.410 e. The molecule has 3 rings (SSSR count). The highest BCUT2D eigenvalue weighted by Gasteiger charge is 2.58. The smallest absolute Gasteiger partial charge is 0.410 e. The number of fused-ring (bicyclic) bond motifs is 1. The monoisotopic (exact) mass is 264 g/mol. The van der Waals surface area contributed by atoms with Crippen LogP contribution in [0.4, 0.5) is 4.79 Å². The van der Waals surface area contributed by atoms with Crippen molar-refractivity contribution in [2.45, 2.75) is 39.2 Å². The number of carbonyl (C=O) groups is 1. The molecule has 1 saturated heterocycles. The number of piperidine rings is 1. The van der Waals surface area contributed by atoms with E-state index in [1.807, 2.05) is 32.6 Å². The lowest BCUT2D eigenvalue weighted by Crippen LogP contribution is -2.36. The fraction of sp³-hybridized carbons (Fsp3) is 0.769. The van der Waals surface area contributed by atoms with Gasteiger partial charge in [-0.1, -0.05) is 5.21 Å². The summed E-state index contributed by atoms with van der Waals surface area (Å²) in [6, 6.07) is 0. The van der Waals surface area contributed by atoms with Crippen molar-refractivity contribution in [3.05, 3.63) is 11.4 Å². The minimum absolute atomic E-state index is 0.196. The molecule has 1 aliphatic heterocycles. The van der Waals surface area contributed by atoms with Gasteiger partial charge in [0.1, 0.15) is 5.60 Å². The number of H-pyrrole nitrogens is 1. The SMILES string of the molecule is Cc1nn[nH]c1C1[C@H]2CN(C(=O)OC(C)(C)C)C[C@@H]12. The van der Waals surface area contributed by atoms with Crippen LogP contribution < -0.4 is 0 Å². The third-order valence-corrected chi connectivity index (χ3v) is 3.94. The Balaban J connectivity index is 1.59. The van der Waals surface area contributed by atoms with E-state index in [0.717, 1.165) is 24.5 Å². The van der Waals surface area contributed by atoms with E-state index in [1.165, 1.54) is 0 Å². The zero-order chi connectivity index (χ0) is 13.8. The number of aryl methyl sites for hydroxylation is 1. The van der Waals surface area contributed by atoms with Gasteiger partial charge in [0.15, 0.2) is 0 Å². The van der Waals surface area contributed by atoms with Gasteiger partial charge >= 0.3 is 6.09 Å². The number of nitrogens with one attached hydrogen (secondary N) is 1. The number of nitrogens with zero attached hydrogens (tertiary/aromatic N) is 3. The van der Waals surface area contributed by atoms with Gasteiger partial charge in [0.05, 0.1) is 11.4 Å². The molecule has 0 radical (unpaired) electrons. The maximum atomic E-state index is 12.0. The highest BCUT2D eigenvalue weighted by molar-refractivity contribution is 5.69. The molecule has 19 heavy (non-hydrogen) atoms. The molecule has 1 aliphatic carbocycles. The summed E-state index contributed by atoms with van der Waals surface area (Å²) in [6.07, 6.45) is -0.196. The summed E-state index contributed by atoms with van der Waals surface area (Å²) in [5.74, 6) is 1.57. The minimum Gasteiger partial charge on any atom is -0.444 e. The first-order valence-corrected chi connectivity index (χ1v) is 6.72.